The molecular weight excluding hydrogens is 236 g/mol. The largest absolute Gasteiger partial charge is 0.367 e. The van der Waals surface area contributed by atoms with E-state index in [0.29, 0.717) is 5.92 Å². The summed E-state index contributed by atoms with van der Waals surface area (Å²) < 4.78 is 0. The highest BCUT2D eigenvalue weighted by atomic mass is 16.1. The third kappa shape index (κ3) is 2.14. The van der Waals surface area contributed by atoms with Gasteiger partial charge in [-0.2, -0.15) is 0 Å². The number of fused-ring (bicyclic) bond motifs is 1. The maximum absolute atomic E-state index is 12.3. The average molecular weight is 256 g/mol. The number of nitrogens with one attached hydrogen (secondary N) is 1. The van der Waals surface area contributed by atoms with Crippen molar-refractivity contribution in [2.75, 3.05) is 18.0 Å². The molecule has 2 heterocycles. The van der Waals surface area contributed by atoms with Crippen molar-refractivity contribution in [3.05, 3.63) is 40.2 Å². The van der Waals surface area contributed by atoms with E-state index >= 15 is 0 Å². The quantitative estimate of drug-likeness (QED) is 0.895. The zero-order valence-corrected chi connectivity index (χ0v) is 11.6. The van der Waals surface area contributed by atoms with Crippen molar-refractivity contribution in [1.29, 1.82) is 0 Å². The Labute approximate surface area is 113 Å². The van der Waals surface area contributed by atoms with E-state index in [0.717, 1.165) is 29.7 Å². The number of H-pyrrole nitrogens is 1. The normalized spacial score (nSPS) is 15.6. The van der Waals surface area contributed by atoms with Crippen LogP contribution in [-0.2, 0) is 0 Å². The van der Waals surface area contributed by atoms with Crippen LogP contribution in [0.3, 0.4) is 0 Å². The van der Waals surface area contributed by atoms with E-state index in [2.05, 4.69) is 41.9 Å². The molecular formula is C16H20N2O. The number of aromatic amines is 1. The molecule has 3 nitrogen and oxygen atoms in total. The van der Waals surface area contributed by atoms with Gasteiger partial charge in [-0.1, -0.05) is 32.0 Å². The number of benzene rings is 1. The monoisotopic (exact) mass is 256 g/mol. The van der Waals surface area contributed by atoms with Crippen molar-refractivity contribution < 1.29 is 0 Å². The number of aromatic nitrogens is 1. The first kappa shape index (κ1) is 12.3. The van der Waals surface area contributed by atoms with Gasteiger partial charge in [-0.25, -0.2) is 0 Å². The molecule has 0 atom stereocenters. The predicted molar refractivity (Wildman–Crippen MR) is 80.1 cm³/mol. The topological polar surface area (TPSA) is 36.1 Å². The SMILES string of the molecule is CC(C)c1cccc2cc(N3CCCC3)c(=O)[nH]c12. The smallest absolute Gasteiger partial charge is 0.271 e. The summed E-state index contributed by atoms with van der Waals surface area (Å²) in [5.41, 5.74) is 3.07. The number of para-hydroxylation sites is 1. The molecule has 1 saturated heterocycles. The fourth-order valence-corrected chi connectivity index (χ4v) is 2.92. The van der Waals surface area contributed by atoms with Crippen LogP contribution in [0.15, 0.2) is 29.1 Å². The highest BCUT2D eigenvalue weighted by Crippen LogP contribution is 2.25. The fraction of sp³-hybridized carbons (Fsp3) is 0.438. The van der Waals surface area contributed by atoms with Crippen molar-refractivity contribution in [3.63, 3.8) is 0 Å². The molecule has 1 aliphatic rings. The van der Waals surface area contributed by atoms with E-state index in [1.54, 1.807) is 0 Å². The second kappa shape index (κ2) is 4.72. The predicted octanol–water partition coefficient (Wildman–Crippen LogP) is 3.25. The van der Waals surface area contributed by atoms with Gasteiger partial charge in [0.05, 0.1) is 5.52 Å². The number of anilines is 1. The van der Waals surface area contributed by atoms with Gasteiger partial charge in [0.2, 0.25) is 0 Å². The molecule has 0 spiro atoms. The summed E-state index contributed by atoms with van der Waals surface area (Å²) in [4.78, 5) is 17.6. The molecule has 1 aromatic carbocycles. The lowest BCUT2D eigenvalue weighted by atomic mass is 9.99. The Bertz CT molecular complexity index is 651. The molecule has 1 N–H and O–H groups in total. The summed E-state index contributed by atoms with van der Waals surface area (Å²) in [7, 11) is 0. The molecule has 3 heteroatoms. The molecule has 3 rings (SSSR count). The summed E-state index contributed by atoms with van der Waals surface area (Å²) in [6.07, 6.45) is 2.37. The van der Waals surface area contributed by atoms with Crippen LogP contribution >= 0.6 is 0 Å². The molecule has 19 heavy (non-hydrogen) atoms. The molecule has 1 aromatic heterocycles. The minimum absolute atomic E-state index is 0.0440. The number of nitrogens with zero attached hydrogens (tertiary/aromatic N) is 1. The minimum Gasteiger partial charge on any atom is -0.367 e. The first-order valence-electron chi connectivity index (χ1n) is 7.07. The molecule has 0 aliphatic carbocycles. The van der Waals surface area contributed by atoms with Crippen LogP contribution in [0, 0.1) is 0 Å². The van der Waals surface area contributed by atoms with E-state index in [1.165, 1.54) is 18.4 Å². The molecule has 0 unspecified atom stereocenters. The van der Waals surface area contributed by atoms with E-state index in [4.69, 9.17) is 0 Å². The molecule has 0 saturated carbocycles. The Balaban J connectivity index is 2.18. The Kier molecular flexibility index (Phi) is 3.05. The van der Waals surface area contributed by atoms with Gasteiger partial charge in [-0.05, 0) is 30.4 Å². The summed E-state index contributed by atoms with van der Waals surface area (Å²) in [6.45, 7) is 6.31. The lowest BCUT2D eigenvalue weighted by molar-refractivity contribution is 0.871. The number of rotatable bonds is 2. The minimum atomic E-state index is 0.0440. The number of pyridine rings is 1. The Morgan fingerprint density at radius 2 is 1.95 bits per heavy atom. The third-order valence-corrected chi connectivity index (χ3v) is 3.96. The zero-order chi connectivity index (χ0) is 13.4. The summed E-state index contributed by atoms with van der Waals surface area (Å²) >= 11 is 0. The van der Waals surface area contributed by atoms with Crippen LogP contribution in [0.5, 0.6) is 0 Å². The molecule has 1 fully saturated rings. The molecule has 1 aliphatic heterocycles. The molecule has 0 radical (unpaired) electrons. The lowest BCUT2D eigenvalue weighted by Crippen LogP contribution is -2.25. The van der Waals surface area contributed by atoms with E-state index in [1.807, 2.05) is 6.07 Å². The molecule has 0 amide bonds. The zero-order valence-electron chi connectivity index (χ0n) is 11.6. The van der Waals surface area contributed by atoms with Crippen molar-refractivity contribution >= 4 is 16.6 Å². The van der Waals surface area contributed by atoms with Crippen LogP contribution in [-0.4, -0.2) is 18.1 Å². The van der Waals surface area contributed by atoms with Crippen molar-refractivity contribution in [2.45, 2.75) is 32.6 Å². The van der Waals surface area contributed by atoms with E-state index in [9.17, 15) is 4.79 Å². The van der Waals surface area contributed by atoms with Gasteiger partial charge in [0.15, 0.2) is 0 Å². The number of hydrogen-bond acceptors (Lipinski definition) is 2. The second-order valence-electron chi connectivity index (χ2n) is 5.64. The van der Waals surface area contributed by atoms with Crippen LogP contribution in [0.25, 0.3) is 10.9 Å². The maximum atomic E-state index is 12.3. The second-order valence-corrected chi connectivity index (χ2v) is 5.64. The van der Waals surface area contributed by atoms with Crippen LogP contribution < -0.4 is 10.5 Å². The molecule has 2 aromatic rings. The van der Waals surface area contributed by atoms with E-state index in [-0.39, 0.29) is 5.56 Å². The maximum Gasteiger partial charge on any atom is 0.271 e. The van der Waals surface area contributed by atoms with Crippen LogP contribution in [0.2, 0.25) is 0 Å². The summed E-state index contributed by atoms with van der Waals surface area (Å²) in [5.74, 6) is 0.414. The fourth-order valence-electron chi connectivity index (χ4n) is 2.92. The van der Waals surface area contributed by atoms with Crippen LogP contribution in [0.4, 0.5) is 5.69 Å². The Hall–Kier alpha value is -1.77. The van der Waals surface area contributed by atoms with Gasteiger partial charge in [0, 0.05) is 18.5 Å². The summed E-state index contributed by atoms with van der Waals surface area (Å²) in [6, 6.07) is 8.30. The lowest BCUT2D eigenvalue weighted by Gasteiger charge is -2.18. The van der Waals surface area contributed by atoms with Crippen molar-refractivity contribution in [3.8, 4) is 0 Å². The van der Waals surface area contributed by atoms with Crippen molar-refractivity contribution in [1.82, 2.24) is 4.98 Å². The highest BCUT2D eigenvalue weighted by molar-refractivity contribution is 5.85. The summed E-state index contributed by atoms with van der Waals surface area (Å²) in [5, 5.41) is 1.13. The Morgan fingerprint density at radius 1 is 1.21 bits per heavy atom. The Morgan fingerprint density at radius 3 is 2.63 bits per heavy atom. The molecule has 0 bridgehead atoms. The van der Waals surface area contributed by atoms with Gasteiger partial charge in [-0.3, -0.25) is 4.79 Å². The van der Waals surface area contributed by atoms with Gasteiger partial charge in [0.1, 0.15) is 5.69 Å². The van der Waals surface area contributed by atoms with E-state index < -0.39 is 0 Å². The van der Waals surface area contributed by atoms with Crippen molar-refractivity contribution in [2.24, 2.45) is 0 Å². The number of hydrogen-bond donors (Lipinski definition) is 1. The standard InChI is InChI=1S/C16H20N2O/c1-11(2)13-7-5-6-12-10-14(16(19)17-15(12)13)18-8-3-4-9-18/h5-7,10-11H,3-4,8-9H2,1-2H3,(H,17,19). The van der Waals surface area contributed by atoms with Gasteiger partial charge in [-0.15, -0.1) is 0 Å². The van der Waals surface area contributed by atoms with Crippen LogP contribution in [0.1, 0.15) is 38.2 Å². The third-order valence-electron chi connectivity index (χ3n) is 3.96. The van der Waals surface area contributed by atoms with Gasteiger partial charge < -0.3 is 9.88 Å². The highest BCUT2D eigenvalue weighted by Gasteiger charge is 2.16. The first-order valence-corrected chi connectivity index (χ1v) is 7.07. The first-order chi connectivity index (χ1) is 9.16. The molecule has 100 valence electrons. The average Bonchev–Trinajstić information content (AvgIpc) is 2.90. The van der Waals surface area contributed by atoms with Gasteiger partial charge >= 0.3 is 0 Å². The van der Waals surface area contributed by atoms with Gasteiger partial charge in [0.25, 0.3) is 5.56 Å².